The van der Waals surface area contributed by atoms with Crippen molar-refractivity contribution in [3.05, 3.63) is 176 Å². The molecule has 8 rings (SSSR count). The van der Waals surface area contributed by atoms with Gasteiger partial charge in [-0.1, -0.05) is 140 Å². The lowest BCUT2D eigenvalue weighted by Crippen LogP contribution is -2.11. The molecule has 0 saturated heterocycles. The maximum absolute atomic E-state index is 2.41. The van der Waals surface area contributed by atoms with Gasteiger partial charge in [0.05, 0.1) is 11.4 Å². The van der Waals surface area contributed by atoms with Gasteiger partial charge in [0.15, 0.2) is 0 Å². The van der Waals surface area contributed by atoms with Crippen LogP contribution in [0.25, 0.3) is 54.6 Å². The van der Waals surface area contributed by atoms with Crippen LogP contribution in [0, 0.1) is 0 Å². The number of hydrogen-bond donors (Lipinski definition) is 0. The standard InChI is InChI=1S/C42H29N/c1-2-12-32(13-3-1)39-28-34-16-4-5-17-35(34)29-40(39)33-24-26-36(27-25-33)43(41-22-10-18-30-14-6-8-20-37(30)41)42-23-11-19-31-15-7-9-21-38(31)42/h1-29H. The average Bonchev–Trinajstić information content (AvgIpc) is 3.09. The van der Waals surface area contributed by atoms with E-state index in [1.54, 1.807) is 0 Å². The largest absolute Gasteiger partial charge is 0.309 e. The first-order valence-corrected chi connectivity index (χ1v) is 14.8. The third-order valence-electron chi connectivity index (χ3n) is 8.42. The first-order valence-electron chi connectivity index (χ1n) is 14.8. The van der Waals surface area contributed by atoms with E-state index in [2.05, 4.69) is 181 Å². The summed E-state index contributed by atoms with van der Waals surface area (Å²) in [4.78, 5) is 2.41. The van der Waals surface area contributed by atoms with E-state index in [0.717, 1.165) is 17.1 Å². The minimum absolute atomic E-state index is 1.12. The summed E-state index contributed by atoms with van der Waals surface area (Å²) in [6.07, 6.45) is 0. The predicted molar refractivity (Wildman–Crippen MR) is 185 cm³/mol. The molecule has 202 valence electrons. The molecule has 0 aliphatic carbocycles. The van der Waals surface area contributed by atoms with Crippen molar-refractivity contribution >= 4 is 49.4 Å². The Morgan fingerprint density at radius 2 is 0.721 bits per heavy atom. The van der Waals surface area contributed by atoms with Crippen molar-refractivity contribution < 1.29 is 0 Å². The monoisotopic (exact) mass is 547 g/mol. The van der Waals surface area contributed by atoms with E-state index >= 15 is 0 Å². The van der Waals surface area contributed by atoms with Crippen molar-refractivity contribution in [3.63, 3.8) is 0 Å². The Hall–Kier alpha value is -5.66. The first-order chi connectivity index (χ1) is 21.3. The summed E-state index contributed by atoms with van der Waals surface area (Å²) in [5.41, 5.74) is 8.35. The van der Waals surface area contributed by atoms with Gasteiger partial charge in [-0.05, 0) is 80.2 Å². The van der Waals surface area contributed by atoms with Gasteiger partial charge >= 0.3 is 0 Å². The fourth-order valence-corrected chi connectivity index (χ4v) is 6.34. The third kappa shape index (κ3) is 4.52. The molecule has 1 heteroatoms. The molecule has 8 aromatic rings. The summed E-state index contributed by atoms with van der Waals surface area (Å²) in [5.74, 6) is 0. The van der Waals surface area contributed by atoms with E-state index in [0.29, 0.717) is 0 Å². The van der Waals surface area contributed by atoms with E-state index in [4.69, 9.17) is 0 Å². The molecule has 0 aliphatic heterocycles. The molecule has 43 heavy (non-hydrogen) atoms. The fraction of sp³-hybridized carbons (Fsp3) is 0. The van der Waals surface area contributed by atoms with Crippen molar-refractivity contribution in [1.82, 2.24) is 0 Å². The maximum atomic E-state index is 2.41. The van der Waals surface area contributed by atoms with Gasteiger partial charge in [0.1, 0.15) is 0 Å². The molecule has 8 aromatic carbocycles. The fourth-order valence-electron chi connectivity index (χ4n) is 6.34. The molecule has 0 heterocycles. The van der Waals surface area contributed by atoms with Crippen LogP contribution in [-0.2, 0) is 0 Å². The molecule has 1 nitrogen and oxygen atoms in total. The molecule has 0 aromatic heterocycles. The lowest BCUT2D eigenvalue weighted by molar-refractivity contribution is 1.31. The molecule has 0 atom stereocenters. The van der Waals surface area contributed by atoms with Crippen LogP contribution in [0.1, 0.15) is 0 Å². The zero-order chi connectivity index (χ0) is 28.6. The van der Waals surface area contributed by atoms with Crippen molar-refractivity contribution in [2.45, 2.75) is 0 Å². The van der Waals surface area contributed by atoms with Crippen LogP contribution >= 0.6 is 0 Å². The van der Waals surface area contributed by atoms with Gasteiger partial charge in [-0.25, -0.2) is 0 Å². The molecule has 0 fully saturated rings. The quantitative estimate of drug-likeness (QED) is 0.207. The topological polar surface area (TPSA) is 3.24 Å². The van der Waals surface area contributed by atoms with E-state index in [1.807, 2.05) is 0 Å². The van der Waals surface area contributed by atoms with Crippen molar-refractivity contribution in [3.8, 4) is 22.3 Å². The Morgan fingerprint density at radius 3 is 1.26 bits per heavy atom. The second kappa shape index (κ2) is 10.6. The Labute approximate surface area is 251 Å². The second-order valence-electron chi connectivity index (χ2n) is 11.0. The summed E-state index contributed by atoms with van der Waals surface area (Å²) < 4.78 is 0. The SMILES string of the molecule is c1ccc(-c2cc3ccccc3cc2-c2ccc(N(c3cccc4ccccc34)c3cccc4ccccc34)cc2)cc1. The highest BCUT2D eigenvalue weighted by molar-refractivity contribution is 6.05. The molecule has 0 unspecified atom stereocenters. The molecular formula is C42H29N. The van der Waals surface area contributed by atoms with Crippen LogP contribution in [0.2, 0.25) is 0 Å². The second-order valence-corrected chi connectivity index (χ2v) is 11.0. The third-order valence-corrected chi connectivity index (χ3v) is 8.42. The first kappa shape index (κ1) is 25.1. The minimum Gasteiger partial charge on any atom is -0.309 e. The highest BCUT2D eigenvalue weighted by atomic mass is 15.1. The number of anilines is 3. The van der Waals surface area contributed by atoms with E-state index < -0.39 is 0 Å². The van der Waals surface area contributed by atoms with Crippen LogP contribution in [-0.4, -0.2) is 0 Å². The number of fused-ring (bicyclic) bond motifs is 3. The van der Waals surface area contributed by atoms with Gasteiger partial charge in [0.25, 0.3) is 0 Å². The molecule has 0 bridgehead atoms. The number of nitrogens with zero attached hydrogens (tertiary/aromatic N) is 1. The smallest absolute Gasteiger partial charge is 0.0540 e. The van der Waals surface area contributed by atoms with Crippen LogP contribution in [0.4, 0.5) is 17.1 Å². The van der Waals surface area contributed by atoms with Gasteiger partial charge in [-0.2, -0.15) is 0 Å². The highest BCUT2D eigenvalue weighted by Crippen LogP contribution is 2.43. The van der Waals surface area contributed by atoms with E-state index in [1.165, 1.54) is 54.6 Å². The summed E-state index contributed by atoms with van der Waals surface area (Å²) >= 11 is 0. The molecular weight excluding hydrogens is 518 g/mol. The Bertz CT molecular complexity index is 2140. The van der Waals surface area contributed by atoms with Crippen molar-refractivity contribution in [1.29, 1.82) is 0 Å². The van der Waals surface area contributed by atoms with Crippen molar-refractivity contribution in [2.24, 2.45) is 0 Å². The van der Waals surface area contributed by atoms with E-state index in [-0.39, 0.29) is 0 Å². The molecule has 0 saturated carbocycles. The average molecular weight is 548 g/mol. The molecule has 0 amide bonds. The van der Waals surface area contributed by atoms with Crippen LogP contribution in [0.15, 0.2) is 176 Å². The number of benzene rings is 8. The van der Waals surface area contributed by atoms with Crippen LogP contribution < -0.4 is 4.90 Å². The predicted octanol–water partition coefficient (Wildman–Crippen LogP) is 11.9. The number of rotatable bonds is 5. The lowest BCUT2D eigenvalue weighted by Gasteiger charge is -2.28. The van der Waals surface area contributed by atoms with Crippen LogP contribution in [0.5, 0.6) is 0 Å². The molecule has 0 spiro atoms. The molecule has 0 aliphatic rings. The number of hydrogen-bond acceptors (Lipinski definition) is 1. The normalized spacial score (nSPS) is 11.3. The lowest BCUT2D eigenvalue weighted by atomic mass is 9.91. The Morgan fingerprint density at radius 1 is 0.302 bits per heavy atom. The van der Waals surface area contributed by atoms with E-state index in [9.17, 15) is 0 Å². The summed E-state index contributed by atoms with van der Waals surface area (Å²) in [6.45, 7) is 0. The minimum atomic E-state index is 1.12. The molecule has 0 radical (unpaired) electrons. The Kier molecular flexibility index (Phi) is 6.20. The zero-order valence-corrected chi connectivity index (χ0v) is 23.7. The van der Waals surface area contributed by atoms with Crippen molar-refractivity contribution in [2.75, 3.05) is 4.90 Å². The highest BCUT2D eigenvalue weighted by Gasteiger charge is 2.18. The Balaban J connectivity index is 1.32. The van der Waals surface area contributed by atoms with Gasteiger partial charge < -0.3 is 4.90 Å². The van der Waals surface area contributed by atoms with Gasteiger partial charge in [-0.3, -0.25) is 0 Å². The maximum Gasteiger partial charge on any atom is 0.0540 e. The van der Waals surface area contributed by atoms with Gasteiger partial charge in [-0.15, -0.1) is 0 Å². The van der Waals surface area contributed by atoms with Crippen LogP contribution in [0.3, 0.4) is 0 Å². The summed E-state index contributed by atoms with van der Waals surface area (Å²) in [7, 11) is 0. The van der Waals surface area contributed by atoms with Gasteiger partial charge in [0.2, 0.25) is 0 Å². The zero-order valence-electron chi connectivity index (χ0n) is 23.7. The molecule has 0 N–H and O–H groups in total. The summed E-state index contributed by atoms with van der Waals surface area (Å²) in [5, 5.41) is 7.40. The summed E-state index contributed by atoms with van der Waals surface area (Å²) in [6, 6.07) is 63.5. The van der Waals surface area contributed by atoms with Gasteiger partial charge in [0, 0.05) is 16.5 Å².